The van der Waals surface area contributed by atoms with Gasteiger partial charge in [-0.25, -0.2) is 4.98 Å². The summed E-state index contributed by atoms with van der Waals surface area (Å²) in [6.45, 7) is 4.18. The Hall–Kier alpha value is -1.06. The molecule has 84 valence electrons. The Labute approximate surface area is 104 Å². The lowest BCUT2D eigenvalue weighted by molar-refractivity contribution is 0.900. The van der Waals surface area contributed by atoms with E-state index < -0.39 is 0 Å². The molecule has 2 aromatic rings. The van der Waals surface area contributed by atoms with E-state index in [1.807, 2.05) is 23.6 Å². The molecule has 0 saturated heterocycles. The van der Waals surface area contributed by atoms with E-state index in [9.17, 15) is 0 Å². The Morgan fingerprint density at radius 1 is 1.38 bits per heavy atom. The van der Waals surface area contributed by atoms with Crippen LogP contribution in [0.1, 0.15) is 13.8 Å². The summed E-state index contributed by atoms with van der Waals surface area (Å²) >= 11 is 7.94. The molecule has 0 atom stereocenters. The third-order valence-corrected chi connectivity index (χ3v) is 3.32. The Bertz CT molecular complexity index is 466. The SMILES string of the molecule is CC(C)Nc1cccc(-c2nccs2)c1Cl. The van der Waals surface area contributed by atoms with Crippen molar-refractivity contribution in [3.8, 4) is 10.6 Å². The molecule has 1 heterocycles. The van der Waals surface area contributed by atoms with Crippen molar-refractivity contribution in [2.45, 2.75) is 19.9 Å². The van der Waals surface area contributed by atoms with Crippen molar-refractivity contribution in [3.63, 3.8) is 0 Å². The molecule has 0 fully saturated rings. The number of anilines is 1. The van der Waals surface area contributed by atoms with Crippen LogP contribution in [0.4, 0.5) is 5.69 Å². The number of hydrogen-bond donors (Lipinski definition) is 1. The molecule has 16 heavy (non-hydrogen) atoms. The van der Waals surface area contributed by atoms with Crippen molar-refractivity contribution in [1.29, 1.82) is 0 Å². The quantitative estimate of drug-likeness (QED) is 0.882. The van der Waals surface area contributed by atoms with E-state index in [1.165, 1.54) is 0 Å². The predicted octanol–water partition coefficient (Wildman–Crippen LogP) is 4.28. The van der Waals surface area contributed by atoms with Gasteiger partial charge in [-0.1, -0.05) is 23.7 Å². The normalized spacial score (nSPS) is 10.8. The molecule has 0 aliphatic heterocycles. The summed E-state index contributed by atoms with van der Waals surface area (Å²) < 4.78 is 0. The highest BCUT2D eigenvalue weighted by molar-refractivity contribution is 7.13. The average molecular weight is 253 g/mol. The maximum Gasteiger partial charge on any atom is 0.124 e. The third kappa shape index (κ3) is 2.36. The summed E-state index contributed by atoms with van der Waals surface area (Å²) in [4.78, 5) is 4.27. The molecular weight excluding hydrogens is 240 g/mol. The van der Waals surface area contributed by atoms with E-state index >= 15 is 0 Å². The monoisotopic (exact) mass is 252 g/mol. The number of hydrogen-bond acceptors (Lipinski definition) is 3. The standard InChI is InChI=1S/C12H13ClN2S/c1-8(2)15-10-5-3-4-9(11(10)13)12-14-6-7-16-12/h3-8,15H,1-2H3. The Balaban J connectivity index is 2.41. The second kappa shape index (κ2) is 4.85. The largest absolute Gasteiger partial charge is 0.382 e. The zero-order valence-corrected chi connectivity index (χ0v) is 10.8. The number of benzene rings is 1. The van der Waals surface area contributed by atoms with Gasteiger partial charge < -0.3 is 5.32 Å². The van der Waals surface area contributed by atoms with Crippen molar-refractivity contribution in [2.75, 3.05) is 5.32 Å². The number of nitrogens with one attached hydrogen (secondary N) is 1. The fourth-order valence-corrected chi connectivity index (χ4v) is 2.47. The van der Waals surface area contributed by atoms with Crippen molar-refractivity contribution in [1.82, 2.24) is 4.98 Å². The summed E-state index contributed by atoms with van der Waals surface area (Å²) in [6.07, 6.45) is 1.79. The summed E-state index contributed by atoms with van der Waals surface area (Å²) in [5.41, 5.74) is 1.95. The van der Waals surface area contributed by atoms with Crippen LogP contribution in [0.5, 0.6) is 0 Å². The van der Waals surface area contributed by atoms with Crippen LogP contribution in [-0.2, 0) is 0 Å². The van der Waals surface area contributed by atoms with E-state index in [2.05, 4.69) is 24.1 Å². The minimum absolute atomic E-state index is 0.365. The summed E-state index contributed by atoms with van der Waals surface area (Å²) in [6, 6.07) is 6.34. The van der Waals surface area contributed by atoms with Crippen LogP contribution in [0.25, 0.3) is 10.6 Å². The molecule has 4 heteroatoms. The van der Waals surface area contributed by atoms with E-state index in [0.717, 1.165) is 21.3 Å². The minimum atomic E-state index is 0.365. The predicted molar refractivity (Wildman–Crippen MR) is 71.3 cm³/mol. The summed E-state index contributed by atoms with van der Waals surface area (Å²) in [5, 5.41) is 6.97. The fourth-order valence-electron chi connectivity index (χ4n) is 1.48. The molecule has 2 rings (SSSR count). The minimum Gasteiger partial charge on any atom is -0.382 e. The molecule has 0 unspecified atom stereocenters. The van der Waals surface area contributed by atoms with Gasteiger partial charge in [0.2, 0.25) is 0 Å². The number of rotatable bonds is 3. The van der Waals surface area contributed by atoms with Crippen LogP contribution < -0.4 is 5.32 Å². The van der Waals surface area contributed by atoms with E-state index in [0.29, 0.717) is 6.04 Å². The van der Waals surface area contributed by atoms with Gasteiger partial charge in [0.15, 0.2) is 0 Å². The highest BCUT2D eigenvalue weighted by atomic mass is 35.5. The molecule has 0 saturated carbocycles. The molecule has 0 aliphatic carbocycles. The number of thiazole rings is 1. The van der Waals surface area contributed by atoms with Gasteiger partial charge in [0.1, 0.15) is 5.01 Å². The van der Waals surface area contributed by atoms with Gasteiger partial charge in [-0.3, -0.25) is 0 Å². The van der Waals surface area contributed by atoms with Gasteiger partial charge >= 0.3 is 0 Å². The highest BCUT2D eigenvalue weighted by Gasteiger charge is 2.10. The van der Waals surface area contributed by atoms with E-state index in [1.54, 1.807) is 17.5 Å². The Morgan fingerprint density at radius 2 is 2.19 bits per heavy atom. The lowest BCUT2D eigenvalue weighted by Gasteiger charge is -2.13. The van der Waals surface area contributed by atoms with Crippen LogP contribution in [0.3, 0.4) is 0 Å². The van der Waals surface area contributed by atoms with Crippen LogP contribution in [0.2, 0.25) is 5.02 Å². The first-order valence-corrected chi connectivity index (χ1v) is 6.39. The van der Waals surface area contributed by atoms with Crippen molar-refractivity contribution < 1.29 is 0 Å². The molecule has 1 aromatic heterocycles. The lowest BCUT2D eigenvalue weighted by atomic mass is 10.2. The van der Waals surface area contributed by atoms with Crippen LogP contribution >= 0.6 is 22.9 Å². The van der Waals surface area contributed by atoms with Crippen molar-refractivity contribution in [2.24, 2.45) is 0 Å². The van der Waals surface area contributed by atoms with Gasteiger partial charge in [-0.05, 0) is 19.9 Å². The first-order chi connectivity index (χ1) is 7.68. The van der Waals surface area contributed by atoms with Gasteiger partial charge in [0, 0.05) is 23.2 Å². The molecule has 0 spiro atoms. The maximum absolute atomic E-state index is 6.35. The number of aromatic nitrogens is 1. The highest BCUT2D eigenvalue weighted by Crippen LogP contribution is 2.34. The van der Waals surface area contributed by atoms with Crippen LogP contribution in [0, 0.1) is 0 Å². The molecule has 2 nitrogen and oxygen atoms in total. The molecule has 1 N–H and O–H groups in total. The average Bonchev–Trinajstić information content (AvgIpc) is 2.73. The van der Waals surface area contributed by atoms with Crippen LogP contribution in [0.15, 0.2) is 29.8 Å². The maximum atomic E-state index is 6.35. The smallest absolute Gasteiger partial charge is 0.124 e. The summed E-state index contributed by atoms with van der Waals surface area (Å²) in [7, 11) is 0. The number of halogens is 1. The molecule has 0 aliphatic rings. The molecule has 0 radical (unpaired) electrons. The van der Waals surface area contributed by atoms with Gasteiger partial charge in [-0.15, -0.1) is 11.3 Å². The second-order valence-corrected chi connectivity index (χ2v) is 5.08. The second-order valence-electron chi connectivity index (χ2n) is 3.80. The summed E-state index contributed by atoms with van der Waals surface area (Å²) in [5.74, 6) is 0. The van der Waals surface area contributed by atoms with Crippen LogP contribution in [-0.4, -0.2) is 11.0 Å². The van der Waals surface area contributed by atoms with E-state index in [-0.39, 0.29) is 0 Å². The first-order valence-electron chi connectivity index (χ1n) is 5.13. The van der Waals surface area contributed by atoms with Gasteiger partial charge in [0.05, 0.1) is 10.7 Å². The first kappa shape index (κ1) is 11.4. The third-order valence-electron chi connectivity index (χ3n) is 2.11. The van der Waals surface area contributed by atoms with Crippen molar-refractivity contribution >= 4 is 28.6 Å². The zero-order chi connectivity index (χ0) is 11.5. The molecule has 0 amide bonds. The zero-order valence-electron chi connectivity index (χ0n) is 9.20. The fraction of sp³-hybridized carbons (Fsp3) is 0.250. The van der Waals surface area contributed by atoms with Crippen molar-refractivity contribution in [3.05, 3.63) is 34.8 Å². The Kier molecular flexibility index (Phi) is 3.46. The molecular formula is C12H13ClN2S. The number of nitrogens with zero attached hydrogens (tertiary/aromatic N) is 1. The molecule has 0 bridgehead atoms. The van der Waals surface area contributed by atoms with Gasteiger partial charge in [-0.2, -0.15) is 0 Å². The Morgan fingerprint density at radius 3 is 2.81 bits per heavy atom. The van der Waals surface area contributed by atoms with Gasteiger partial charge in [0.25, 0.3) is 0 Å². The topological polar surface area (TPSA) is 24.9 Å². The van der Waals surface area contributed by atoms with E-state index in [4.69, 9.17) is 11.6 Å². The lowest BCUT2D eigenvalue weighted by Crippen LogP contribution is -2.10. The molecule has 1 aromatic carbocycles.